The third-order valence-corrected chi connectivity index (χ3v) is 1.52. The Kier molecular flexibility index (Phi) is 2.46. The monoisotopic (exact) mass is 208 g/mol. The highest BCUT2D eigenvalue weighted by molar-refractivity contribution is 5.76. The molecule has 0 spiro atoms. The van der Waals surface area contributed by atoms with E-state index < -0.39 is 28.9 Å². The van der Waals surface area contributed by atoms with E-state index in [4.69, 9.17) is 5.11 Å². The second-order valence-corrected chi connectivity index (χ2v) is 2.52. The average molecular weight is 208 g/mol. The van der Waals surface area contributed by atoms with E-state index in [2.05, 4.69) is 0 Å². The first-order valence-corrected chi connectivity index (χ1v) is 3.41. The molecular formula is C8H4F4O2. The van der Waals surface area contributed by atoms with Crippen LogP contribution < -0.4 is 0 Å². The average Bonchev–Trinajstić information content (AvgIpc) is 2.07. The Bertz CT molecular complexity index is 370. The molecule has 1 aromatic carbocycles. The molecule has 1 N–H and O–H groups in total. The molecule has 0 unspecified atom stereocenters. The topological polar surface area (TPSA) is 37.3 Å². The molecule has 1 aromatic rings. The number of phenolic OH excluding ortho intramolecular Hbond substituents is 1. The summed E-state index contributed by atoms with van der Waals surface area (Å²) >= 11 is 0. The predicted molar refractivity (Wildman–Crippen MR) is 38.5 cm³/mol. The lowest BCUT2D eigenvalue weighted by atomic mass is 10.1. The van der Waals surface area contributed by atoms with Gasteiger partial charge in [-0.25, -0.2) is 4.39 Å². The number of carbonyl (C=O) groups is 1. The molecule has 0 aromatic heterocycles. The fourth-order valence-corrected chi connectivity index (χ4v) is 0.905. The molecule has 0 fully saturated rings. The maximum Gasteiger partial charge on any atom is 0.419 e. The highest BCUT2D eigenvalue weighted by Crippen LogP contribution is 2.35. The van der Waals surface area contributed by atoms with E-state index >= 15 is 0 Å². The number of aromatic hydroxyl groups is 1. The molecule has 76 valence electrons. The van der Waals surface area contributed by atoms with Crippen molar-refractivity contribution in [3.8, 4) is 5.75 Å². The van der Waals surface area contributed by atoms with Crippen LogP contribution in [0.15, 0.2) is 12.1 Å². The fraction of sp³-hybridized carbons (Fsp3) is 0.125. The number of alkyl halides is 3. The summed E-state index contributed by atoms with van der Waals surface area (Å²) in [4.78, 5) is 10.1. The molecule has 0 atom stereocenters. The minimum atomic E-state index is -4.93. The summed E-state index contributed by atoms with van der Waals surface area (Å²) in [5.74, 6) is -2.97. The van der Waals surface area contributed by atoms with Crippen LogP contribution in [0.3, 0.4) is 0 Å². The molecule has 0 aliphatic heterocycles. The number of hydrogen-bond donors (Lipinski definition) is 1. The SMILES string of the molecule is O=Cc1cc(O)c(F)c(C(F)(F)F)c1. The first kappa shape index (κ1) is 10.5. The first-order valence-electron chi connectivity index (χ1n) is 3.41. The molecule has 0 heterocycles. The molecule has 0 aliphatic carbocycles. The lowest BCUT2D eigenvalue weighted by Crippen LogP contribution is -2.09. The third kappa shape index (κ3) is 1.84. The van der Waals surface area contributed by atoms with Crippen molar-refractivity contribution in [2.45, 2.75) is 6.18 Å². The fourth-order valence-electron chi connectivity index (χ4n) is 0.905. The highest BCUT2D eigenvalue weighted by atomic mass is 19.4. The van der Waals surface area contributed by atoms with Crippen molar-refractivity contribution < 1.29 is 27.5 Å². The van der Waals surface area contributed by atoms with Crippen molar-refractivity contribution in [2.24, 2.45) is 0 Å². The van der Waals surface area contributed by atoms with E-state index in [-0.39, 0.29) is 6.29 Å². The molecule has 14 heavy (non-hydrogen) atoms. The predicted octanol–water partition coefficient (Wildman–Crippen LogP) is 2.36. The van der Waals surface area contributed by atoms with E-state index in [0.29, 0.717) is 12.1 Å². The molecule has 0 saturated heterocycles. The van der Waals surface area contributed by atoms with Gasteiger partial charge in [0, 0.05) is 5.56 Å². The van der Waals surface area contributed by atoms with Crippen LogP contribution in [0.5, 0.6) is 5.75 Å². The zero-order chi connectivity index (χ0) is 10.9. The van der Waals surface area contributed by atoms with Gasteiger partial charge in [0.2, 0.25) is 0 Å². The van der Waals surface area contributed by atoms with Gasteiger partial charge in [-0.05, 0) is 12.1 Å². The molecule has 0 radical (unpaired) electrons. The van der Waals surface area contributed by atoms with Crippen LogP contribution in [0.2, 0.25) is 0 Å². The minimum absolute atomic E-state index is 0.0917. The van der Waals surface area contributed by atoms with Gasteiger partial charge in [0.1, 0.15) is 6.29 Å². The molecule has 6 heteroatoms. The summed E-state index contributed by atoms with van der Waals surface area (Å²) in [7, 11) is 0. The number of rotatable bonds is 1. The van der Waals surface area contributed by atoms with Crippen molar-refractivity contribution in [2.75, 3.05) is 0 Å². The summed E-state index contributed by atoms with van der Waals surface area (Å²) in [6.45, 7) is 0. The van der Waals surface area contributed by atoms with Crippen molar-refractivity contribution in [3.05, 3.63) is 29.1 Å². The van der Waals surface area contributed by atoms with Gasteiger partial charge in [-0.3, -0.25) is 4.79 Å². The van der Waals surface area contributed by atoms with Crippen LogP contribution in [0.1, 0.15) is 15.9 Å². The lowest BCUT2D eigenvalue weighted by molar-refractivity contribution is -0.140. The minimum Gasteiger partial charge on any atom is -0.505 e. The number of hydrogen-bond acceptors (Lipinski definition) is 2. The maximum absolute atomic E-state index is 12.7. The lowest BCUT2D eigenvalue weighted by Gasteiger charge is -2.09. The third-order valence-electron chi connectivity index (χ3n) is 1.52. The zero-order valence-electron chi connectivity index (χ0n) is 6.60. The normalized spacial score (nSPS) is 11.4. The van der Waals surface area contributed by atoms with Crippen LogP contribution in [0.4, 0.5) is 17.6 Å². The second kappa shape index (κ2) is 3.28. The molecular weight excluding hydrogens is 204 g/mol. The Balaban J connectivity index is 3.42. The van der Waals surface area contributed by atoms with Crippen molar-refractivity contribution in [1.82, 2.24) is 0 Å². The largest absolute Gasteiger partial charge is 0.505 e. The van der Waals surface area contributed by atoms with Crippen LogP contribution >= 0.6 is 0 Å². The summed E-state index contributed by atoms with van der Waals surface area (Å²) in [5.41, 5.74) is -2.09. The van der Waals surface area contributed by atoms with Gasteiger partial charge < -0.3 is 5.11 Å². The van der Waals surface area contributed by atoms with Crippen molar-refractivity contribution >= 4 is 6.29 Å². The number of phenols is 1. The number of halogens is 4. The smallest absolute Gasteiger partial charge is 0.419 e. The molecule has 0 saturated carbocycles. The first-order chi connectivity index (χ1) is 6.36. The summed E-state index contributed by atoms with van der Waals surface area (Å²) < 4.78 is 49.0. The van der Waals surface area contributed by atoms with E-state index in [1.807, 2.05) is 0 Å². The molecule has 2 nitrogen and oxygen atoms in total. The van der Waals surface area contributed by atoms with Crippen molar-refractivity contribution in [3.63, 3.8) is 0 Å². The Morgan fingerprint density at radius 3 is 2.29 bits per heavy atom. The van der Waals surface area contributed by atoms with Crippen LogP contribution in [-0.2, 0) is 6.18 Å². The summed E-state index contributed by atoms with van der Waals surface area (Å²) in [6, 6.07) is 0.958. The van der Waals surface area contributed by atoms with E-state index in [9.17, 15) is 22.4 Å². The summed E-state index contributed by atoms with van der Waals surface area (Å²) in [5, 5.41) is 8.74. The highest BCUT2D eigenvalue weighted by Gasteiger charge is 2.35. The number of benzene rings is 1. The van der Waals surface area contributed by atoms with Crippen LogP contribution in [-0.4, -0.2) is 11.4 Å². The Morgan fingerprint density at radius 1 is 1.29 bits per heavy atom. The van der Waals surface area contributed by atoms with Crippen LogP contribution in [0, 0.1) is 5.82 Å². The number of carbonyl (C=O) groups excluding carboxylic acids is 1. The van der Waals surface area contributed by atoms with Gasteiger partial charge in [0.15, 0.2) is 11.6 Å². The van der Waals surface area contributed by atoms with Crippen LogP contribution in [0.25, 0.3) is 0 Å². The molecule has 0 bridgehead atoms. The van der Waals surface area contributed by atoms with Gasteiger partial charge in [0.05, 0.1) is 5.56 Å². The Hall–Kier alpha value is -1.59. The summed E-state index contributed by atoms with van der Waals surface area (Å²) in [6.07, 6.45) is -4.84. The van der Waals surface area contributed by atoms with Gasteiger partial charge in [-0.2, -0.15) is 13.2 Å². The van der Waals surface area contributed by atoms with Gasteiger partial charge in [0.25, 0.3) is 0 Å². The second-order valence-electron chi connectivity index (χ2n) is 2.52. The Labute approximate surface area is 75.8 Å². The quantitative estimate of drug-likeness (QED) is 0.568. The molecule has 0 amide bonds. The van der Waals surface area contributed by atoms with Crippen molar-refractivity contribution in [1.29, 1.82) is 0 Å². The van der Waals surface area contributed by atoms with E-state index in [1.54, 1.807) is 0 Å². The van der Waals surface area contributed by atoms with E-state index in [1.165, 1.54) is 0 Å². The number of aldehydes is 1. The van der Waals surface area contributed by atoms with E-state index in [0.717, 1.165) is 0 Å². The van der Waals surface area contributed by atoms with Gasteiger partial charge >= 0.3 is 6.18 Å². The standard InChI is InChI=1S/C8H4F4O2/c9-7-5(8(10,11)12)1-4(3-13)2-6(7)14/h1-3,14H. The molecule has 0 aliphatic rings. The maximum atomic E-state index is 12.7. The van der Waals surface area contributed by atoms with Gasteiger partial charge in [-0.1, -0.05) is 0 Å². The van der Waals surface area contributed by atoms with Gasteiger partial charge in [-0.15, -0.1) is 0 Å². The zero-order valence-corrected chi connectivity index (χ0v) is 6.60. The Morgan fingerprint density at radius 2 is 1.86 bits per heavy atom. The molecule has 1 rings (SSSR count).